The monoisotopic (exact) mass is 225 g/mol. The second kappa shape index (κ2) is 5.14. The SMILES string of the molecule is CC(C)/C=C/C(=O)N1C(=O)OC[C@@H]1C(C)C. The van der Waals surface area contributed by atoms with Crippen LogP contribution < -0.4 is 0 Å². The van der Waals surface area contributed by atoms with E-state index in [2.05, 4.69) is 0 Å². The first-order valence-corrected chi connectivity index (χ1v) is 5.61. The predicted molar refractivity (Wildman–Crippen MR) is 60.8 cm³/mol. The topological polar surface area (TPSA) is 46.6 Å². The lowest BCUT2D eigenvalue weighted by atomic mass is 10.0. The van der Waals surface area contributed by atoms with Crippen LogP contribution in [0.5, 0.6) is 0 Å². The minimum absolute atomic E-state index is 0.142. The number of amides is 2. The summed E-state index contributed by atoms with van der Waals surface area (Å²) in [5, 5.41) is 0. The van der Waals surface area contributed by atoms with Crippen molar-refractivity contribution in [1.82, 2.24) is 4.90 Å². The van der Waals surface area contributed by atoms with Gasteiger partial charge in [0.25, 0.3) is 5.91 Å². The van der Waals surface area contributed by atoms with Gasteiger partial charge in [0.1, 0.15) is 6.61 Å². The van der Waals surface area contributed by atoms with E-state index in [0.717, 1.165) is 0 Å². The average molecular weight is 225 g/mol. The molecule has 0 aromatic carbocycles. The minimum atomic E-state index is -0.530. The molecule has 0 radical (unpaired) electrons. The molecule has 0 bridgehead atoms. The third kappa shape index (κ3) is 2.84. The van der Waals surface area contributed by atoms with Crippen LogP contribution in [0.25, 0.3) is 0 Å². The first kappa shape index (κ1) is 12.7. The summed E-state index contributed by atoms with van der Waals surface area (Å²) in [5.74, 6) is 0.220. The lowest BCUT2D eigenvalue weighted by Gasteiger charge is -2.21. The fraction of sp³-hybridized carbons (Fsp3) is 0.667. The van der Waals surface area contributed by atoms with E-state index in [-0.39, 0.29) is 17.9 Å². The van der Waals surface area contributed by atoms with Crippen molar-refractivity contribution in [3.8, 4) is 0 Å². The van der Waals surface area contributed by atoms with Crippen LogP contribution in [0.2, 0.25) is 0 Å². The van der Waals surface area contributed by atoms with Crippen molar-refractivity contribution in [2.24, 2.45) is 11.8 Å². The van der Waals surface area contributed by atoms with Gasteiger partial charge < -0.3 is 4.74 Å². The van der Waals surface area contributed by atoms with E-state index < -0.39 is 6.09 Å². The fourth-order valence-corrected chi connectivity index (χ4v) is 1.54. The Labute approximate surface area is 96.3 Å². The molecule has 4 nitrogen and oxygen atoms in total. The fourth-order valence-electron chi connectivity index (χ4n) is 1.54. The minimum Gasteiger partial charge on any atom is -0.447 e. The van der Waals surface area contributed by atoms with Gasteiger partial charge in [-0.05, 0) is 17.9 Å². The standard InChI is InChI=1S/C12H19NO3/c1-8(2)5-6-11(14)13-10(9(3)4)7-16-12(13)15/h5-6,8-10H,7H2,1-4H3/b6-5+/t10-/m1/s1. The van der Waals surface area contributed by atoms with Gasteiger partial charge in [-0.25, -0.2) is 9.69 Å². The highest BCUT2D eigenvalue weighted by Gasteiger charge is 2.38. The van der Waals surface area contributed by atoms with Crippen LogP contribution in [-0.4, -0.2) is 29.5 Å². The van der Waals surface area contributed by atoms with Crippen molar-refractivity contribution >= 4 is 12.0 Å². The smallest absolute Gasteiger partial charge is 0.417 e. The highest BCUT2D eigenvalue weighted by atomic mass is 16.6. The molecule has 1 saturated heterocycles. The van der Waals surface area contributed by atoms with Gasteiger partial charge in [0.05, 0.1) is 6.04 Å². The molecule has 0 aliphatic carbocycles. The van der Waals surface area contributed by atoms with Crippen LogP contribution in [0.4, 0.5) is 4.79 Å². The maximum absolute atomic E-state index is 11.8. The van der Waals surface area contributed by atoms with Crippen molar-refractivity contribution in [3.63, 3.8) is 0 Å². The van der Waals surface area contributed by atoms with Gasteiger partial charge in [-0.2, -0.15) is 0 Å². The highest BCUT2D eigenvalue weighted by molar-refractivity contribution is 5.99. The first-order chi connectivity index (χ1) is 7.43. The maximum Gasteiger partial charge on any atom is 0.417 e. The summed E-state index contributed by atoms with van der Waals surface area (Å²) < 4.78 is 4.90. The van der Waals surface area contributed by atoms with E-state index in [1.807, 2.05) is 27.7 Å². The number of hydrogen-bond acceptors (Lipinski definition) is 3. The number of hydrogen-bond donors (Lipinski definition) is 0. The normalized spacial score (nSPS) is 21.2. The van der Waals surface area contributed by atoms with Crippen LogP contribution in [0, 0.1) is 11.8 Å². The molecule has 0 spiro atoms. The van der Waals surface area contributed by atoms with Crippen molar-refractivity contribution in [2.75, 3.05) is 6.61 Å². The summed E-state index contributed by atoms with van der Waals surface area (Å²) in [6, 6.07) is -0.142. The van der Waals surface area contributed by atoms with E-state index in [9.17, 15) is 9.59 Å². The molecule has 0 N–H and O–H groups in total. The van der Waals surface area contributed by atoms with Crippen molar-refractivity contribution < 1.29 is 14.3 Å². The van der Waals surface area contributed by atoms with E-state index in [4.69, 9.17) is 4.74 Å². The molecule has 1 aliphatic heterocycles. The Hall–Kier alpha value is -1.32. The largest absolute Gasteiger partial charge is 0.447 e. The summed E-state index contributed by atoms with van der Waals surface area (Å²) in [5.41, 5.74) is 0. The lowest BCUT2D eigenvalue weighted by molar-refractivity contribution is -0.124. The van der Waals surface area contributed by atoms with Crippen molar-refractivity contribution in [2.45, 2.75) is 33.7 Å². The van der Waals surface area contributed by atoms with E-state index in [1.54, 1.807) is 6.08 Å². The number of imide groups is 1. The van der Waals surface area contributed by atoms with E-state index >= 15 is 0 Å². The molecule has 0 saturated carbocycles. The molecule has 0 aromatic heterocycles. The Morgan fingerprint density at radius 1 is 1.44 bits per heavy atom. The van der Waals surface area contributed by atoms with Crippen molar-refractivity contribution in [3.05, 3.63) is 12.2 Å². The zero-order valence-corrected chi connectivity index (χ0v) is 10.3. The highest BCUT2D eigenvalue weighted by Crippen LogP contribution is 2.19. The number of nitrogens with zero attached hydrogens (tertiary/aromatic N) is 1. The number of ether oxygens (including phenoxy) is 1. The number of rotatable bonds is 3. The molecule has 0 unspecified atom stereocenters. The Morgan fingerprint density at radius 3 is 2.56 bits per heavy atom. The van der Waals surface area contributed by atoms with Gasteiger partial charge in [-0.1, -0.05) is 33.8 Å². The van der Waals surface area contributed by atoms with Gasteiger partial charge in [0.2, 0.25) is 0 Å². The number of allylic oxidation sites excluding steroid dienone is 1. The third-order valence-corrected chi connectivity index (χ3v) is 2.54. The Kier molecular flexibility index (Phi) is 4.10. The maximum atomic E-state index is 11.8. The Bertz CT molecular complexity index is 307. The molecule has 1 heterocycles. The number of carbonyl (C=O) groups excluding carboxylic acids is 2. The average Bonchev–Trinajstić information content (AvgIpc) is 2.56. The molecule has 1 aliphatic rings. The predicted octanol–water partition coefficient (Wildman–Crippen LogP) is 2.20. The van der Waals surface area contributed by atoms with Crippen LogP contribution in [0.1, 0.15) is 27.7 Å². The van der Waals surface area contributed by atoms with E-state index in [1.165, 1.54) is 11.0 Å². The summed E-state index contributed by atoms with van der Waals surface area (Å²) in [6.07, 6.45) is 2.70. The zero-order chi connectivity index (χ0) is 12.3. The quantitative estimate of drug-likeness (QED) is 0.692. The Morgan fingerprint density at radius 2 is 2.06 bits per heavy atom. The number of cyclic esters (lactones) is 1. The molecule has 1 rings (SSSR count). The van der Waals surface area contributed by atoms with Crippen molar-refractivity contribution in [1.29, 1.82) is 0 Å². The summed E-state index contributed by atoms with van der Waals surface area (Å²) in [6.45, 7) is 8.20. The third-order valence-electron chi connectivity index (χ3n) is 2.54. The molecule has 1 atom stereocenters. The molecule has 2 amide bonds. The second-order valence-corrected chi connectivity index (χ2v) is 4.70. The van der Waals surface area contributed by atoms with Gasteiger partial charge >= 0.3 is 6.09 Å². The molecule has 16 heavy (non-hydrogen) atoms. The summed E-state index contributed by atoms with van der Waals surface area (Å²) in [4.78, 5) is 24.4. The van der Waals surface area contributed by atoms with Gasteiger partial charge in [0, 0.05) is 0 Å². The molecular weight excluding hydrogens is 206 g/mol. The molecular formula is C12H19NO3. The first-order valence-electron chi connectivity index (χ1n) is 5.61. The van der Waals surface area contributed by atoms with E-state index in [0.29, 0.717) is 12.5 Å². The van der Waals surface area contributed by atoms with Crippen LogP contribution >= 0.6 is 0 Å². The van der Waals surface area contributed by atoms with Gasteiger partial charge in [0.15, 0.2) is 0 Å². The summed E-state index contributed by atoms with van der Waals surface area (Å²) in [7, 11) is 0. The lowest BCUT2D eigenvalue weighted by Crippen LogP contribution is -2.40. The molecule has 4 heteroatoms. The Balaban J connectivity index is 2.76. The second-order valence-electron chi connectivity index (χ2n) is 4.70. The van der Waals surface area contributed by atoms with Gasteiger partial charge in [-0.15, -0.1) is 0 Å². The number of carbonyl (C=O) groups is 2. The molecule has 90 valence electrons. The van der Waals surface area contributed by atoms with Gasteiger partial charge in [-0.3, -0.25) is 4.79 Å². The molecule has 0 aromatic rings. The van der Waals surface area contributed by atoms with Crippen LogP contribution in [-0.2, 0) is 9.53 Å². The van der Waals surface area contributed by atoms with Crippen LogP contribution in [0.15, 0.2) is 12.2 Å². The molecule has 1 fully saturated rings. The summed E-state index contributed by atoms with van der Waals surface area (Å²) >= 11 is 0. The van der Waals surface area contributed by atoms with Crippen LogP contribution in [0.3, 0.4) is 0 Å². The zero-order valence-electron chi connectivity index (χ0n) is 10.3.